The van der Waals surface area contributed by atoms with Crippen LogP contribution in [-0.4, -0.2) is 32.6 Å². The van der Waals surface area contributed by atoms with E-state index in [2.05, 4.69) is 4.74 Å². The van der Waals surface area contributed by atoms with Crippen molar-refractivity contribution in [3.05, 3.63) is 45.6 Å². The predicted octanol–water partition coefficient (Wildman–Crippen LogP) is 3.11. The molecule has 0 bridgehead atoms. The van der Waals surface area contributed by atoms with E-state index in [-0.39, 0.29) is 12.4 Å². The van der Waals surface area contributed by atoms with Gasteiger partial charge in [0.25, 0.3) is 0 Å². The number of esters is 1. The first-order valence-electron chi connectivity index (χ1n) is 6.54. The highest BCUT2D eigenvalue weighted by molar-refractivity contribution is 7.14. The molecule has 5 nitrogen and oxygen atoms in total. The number of thiophene rings is 1. The van der Waals surface area contributed by atoms with Crippen molar-refractivity contribution in [1.82, 2.24) is 0 Å². The first-order chi connectivity index (χ1) is 10.5. The summed E-state index contributed by atoms with van der Waals surface area (Å²) in [5.74, 6) is 0.210. The van der Waals surface area contributed by atoms with Crippen LogP contribution in [-0.2, 0) is 4.74 Å². The average molecular weight is 320 g/mol. The fourth-order valence-corrected chi connectivity index (χ4v) is 2.62. The van der Waals surface area contributed by atoms with Crippen molar-refractivity contribution in [2.24, 2.45) is 0 Å². The lowest BCUT2D eigenvalue weighted by Gasteiger charge is -2.11. The normalized spacial score (nSPS) is 10.1. The quantitative estimate of drug-likeness (QED) is 0.604. The topological polar surface area (TPSA) is 61.8 Å². The minimum atomic E-state index is -0.463. The zero-order valence-corrected chi connectivity index (χ0v) is 13.4. The highest BCUT2D eigenvalue weighted by Crippen LogP contribution is 2.28. The smallest absolute Gasteiger partial charge is 0.337 e. The summed E-state index contributed by atoms with van der Waals surface area (Å²) in [6.07, 6.45) is 0. The zero-order valence-electron chi connectivity index (χ0n) is 12.5. The summed E-state index contributed by atoms with van der Waals surface area (Å²) in [5.41, 5.74) is 0.354. The molecule has 0 unspecified atom stereocenters. The Hall–Kier alpha value is -2.34. The summed E-state index contributed by atoms with van der Waals surface area (Å²) in [5, 5.41) is 0. The van der Waals surface area contributed by atoms with Gasteiger partial charge in [-0.1, -0.05) is 0 Å². The molecular weight excluding hydrogens is 304 g/mol. The number of hydrogen-bond acceptors (Lipinski definition) is 6. The van der Waals surface area contributed by atoms with Gasteiger partial charge in [0.05, 0.1) is 24.7 Å². The van der Waals surface area contributed by atoms with Gasteiger partial charge in [-0.2, -0.15) is 0 Å². The van der Waals surface area contributed by atoms with E-state index in [0.717, 1.165) is 4.88 Å². The molecule has 0 aliphatic rings. The van der Waals surface area contributed by atoms with E-state index in [1.165, 1.54) is 31.6 Å². The molecule has 0 aliphatic carbocycles. The van der Waals surface area contributed by atoms with E-state index in [1.807, 2.05) is 13.0 Å². The van der Waals surface area contributed by atoms with Gasteiger partial charge in [0.15, 0.2) is 18.1 Å². The van der Waals surface area contributed by atoms with Crippen LogP contribution in [0.2, 0.25) is 0 Å². The molecule has 0 radical (unpaired) electrons. The maximum Gasteiger partial charge on any atom is 0.337 e. The molecule has 116 valence electrons. The van der Waals surface area contributed by atoms with Crippen molar-refractivity contribution in [2.75, 3.05) is 20.8 Å². The second-order valence-corrected chi connectivity index (χ2v) is 5.77. The Bertz CT molecular complexity index is 690. The van der Waals surface area contributed by atoms with Crippen molar-refractivity contribution in [3.8, 4) is 11.5 Å². The standard InChI is InChI=1S/C16H16O5S/c1-10-4-7-15(22-10)12(17)9-21-13-6-5-11(16(18)20-3)8-14(13)19-2/h4-8H,9H2,1-3H3. The summed E-state index contributed by atoms with van der Waals surface area (Å²) < 4.78 is 15.3. The number of rotatable bonds is 6. The molecule has 0 amide bonds. The van der Waals surface area contributed by atoms with Gasteiger partial charge in [-0.05, 0) is 37.3 Å². The SMILES string of the molecule is COC(=O)c1ccc(OCC(=O)c2ccc(C)s2)c(OC)c1. The van der Waals surface area contributed by atoms with Gasteiger partial charge in [-0.25, -0.2) is 4.79 Å². The van der Waals surface area contributed by atoms with Crippen molar-refractivity contribution < 1.29 is 23.8 Å². The van der Waals surface area contributed by atoms with Gasteiger partial charge >= 0.3 is 5.97 Å². The minimum absolute atomic E-state index is 0.0894. The summed E-state index contributed by atoms with van der Waals surface area (Å²) in [6.45, 7) is 1.85. The molecule has 1 heterocycles. The van der Waals surface area contributed by atoms with Crippen LogP contribution in [0.15, 0.2) is 30.3 Å². The number of ketones is 1. The highest BCUT2D eigenvalue weighted by Gasteiger charge is 2.14. The molecule has 0 spiro atoms. The summed E-state index contributed by atoms with van der Waals surface area (Å²) in [6, 6.07) is 8.33. The number of methoxy groups -OCH3 is 2. The Morgan fingerprint density at radius 1 is 1.09 bits per heavy atom. The predicted molar refractivity (Wildman–Crippen MR) is 83.2 cm³/mol. The third-order valence-corrected chi connectivity index (χ3v) is 4.00. The van der Waals surface area contributed by atoms with Crippen LogP contribution >= 0.6 is 11.3 Å². The van der Waals surface area contributed by atoms with Crippen LogP contribution < -0.4 is 9.47 Å². The highest BCUT2D eigenvalue weighted by atomic mass is 32.1. The number of aryl methyl sites for hydroxylation is 1. The van der Waals surface area contributed by atoms with Gasteiger partial charge in [0, 0.05) is 4.88 Å². The largest absolute Gasteiger partial charge is 0.493 e. The van der Waals surface area contributed by atoms with Crippen LogP contribution in [0, 0.1) is 6.92 Å². The Kier molecular flexibility index (Phi) is 5.16. The zero-order chi connectivity index (χ0) is 16.1. The van der Waals surface area contributed by atoms with Gasteiger partial charge in [-0.3, -0.25) is 4.79 Å². The molecule has 0 saturated carbocycles. The summed E-state index contributed by atoms with van der Waals surface area (Å²) in [7, 11) is 2.77. The van der Waals surface area contributed by atoms with Crippen LogP contribution in [0.25, 0.3) is 0 Å². The van der Waals surface area contributed by atoms with Gasteiger partial charge in [-0.15, -0.1) is 11.3 Å². The molecular formula is C16H16O5S. The molecule has 0 fully saturated rings. The molecule has 0 atom stereocenters. The first kappa shape index (κ1) is 16.0. The molecule has 6 heteroatoms. The van der Waals surface area contributed by atoms with E-state index in [4.69, 9.17) is 9.47 Å². The fraction of sp³-hybridized carbons (Fsp3) is 0.250. The molecule has 0 saturated heterocycles. The van der Waals surface area contributed by atoms with Gasteiger partial charge < -0.3 is 14.2 Å². The second-order valence-electron chi connectivity index (χ2n) is 4.48. The van der Waals surface area contributed by atoms with Crippen molar-refractivity contribution in [3.63, 3.8) is 0 Å². The van der Waals surface area contributed by atoms with Gasteiger partial charge in [0.1, 0.15) is 0 Å². The Morgan fingerprint density at radius 2 is 1.86 bits per heavy atom. The van der Waals surface area contributed by atoms with E-state index in [1.54, 1.807) is 18.2 Å². The lowest BCUT2D eigenvalue weighted by molar-refractivity contribution is 0.0600. The summed E-state index contributed by atoms with van der Waals surface area (Å²) >= 11 is 1.43. The molecule has 2 aromatic rings. The van der Waals surface area contributed by atoms with Crippen LogP contribution in [0.5, 0.6) is 11.5 Å². The van der Waals surface area contributed by atoms with E-state index in [9.17, 15) is 9.59 Å². The van der Waals surface area contributed by atoms with Crippen molar-refractivity contribution in [2.45, 2.75) is 6.92 Å². The fourth-order valence-electron chi connectivity index (χ4n) is 1.83. The van der Waals surface area contributed by atoms with E-state index >= 15 is 0 Å². The van der Waals surface area contributed by atoms with E-state index in [0.29, 0.717) is 21.9 Å². The van der Waals surface area contributed by atoms with E-state index < -0.39 is 5.97 Å². The molecule has 2 rings (SSSR count). The number of hydrogen-bond donors (Lipinski definition) is 0. The third-order valence-electron chi connectivity index (χ3n) is 2.96. The van der Waals surface area contributed by atoms with Crippen LogP contribution in [0.4, 0.5) is 0 Å². The second kappa shape index (κ2) is 7.09. The lowest BCUT2D eigenvalue weighted by Crippen LogP contribution is -2.11. The average Bonchev–Trinajstić information content (AvgIpc) is 2.98. The van der Waals surface area contributed by atoms with Crippen LogP contribution in [0.1, 0.15) is 24.9 Å². The van der Waals surface area contributed by atoms with Crippen LogP contribution in [0.3, 0.4) is 0 Å². The van der Waals surface area contributed by atoms with Gasteiger partial charge in [0.2, 0.25) is 5.78 Å². The number of carbonyl (C=O) groups excluding carboxylic acids is 2. The number of Topliss-reactive ketones (excluding diaryl/α,β-unsaturated/α-hetero) is 1. The lowest BCUT2D eigenvalue weighted by atomic mass is 10.2. The molecule has 22 heavy (non-hydrogen) atoms. The maximum atomic E-state index is 12.0. The summed E-state index contributed by atoms with van der Waals surface area (Å²) in [4.78, 5) is 25.2. The molecule has 0 aliphatic heterocycles. The third kappa shape index (κ3) is 3.65. The maximum absolute atomic E-state index is 12.0. The number of benzene rings is 1. The molecule has 0 N–H and O–H groups in total. The first-order valence-corrected chi connectivity index (χ1v) is 7.35. The number of ether oxygens (including phenoxy) is 3. The Labute approximate surface area is 132 Å². The Balaban J connectivity index is 2.09. The molecule has 1 aromatic carbocycles. The van der Waals surface area contributed by atoms with Crippen molar-refractivity contribution in [1.29, 1.82) is 0 Å². The number of carbonyl (C=O) groups is 2. The van der Waals surface area contributed by atoms with Crippen molar-refractivity contribution >= 4 is 23.1 Å². The monoisotopic (exact) mass is 320 g/mol. The molecule has 1 aromatic heterocycles. The Morgan fingerprint density at radius 3 is 2.45 bits per heavy atom. The minimum Gasteiger partial charge on any atom is -0.493 e.